The minimum Gasteiger partial charge on any atom is -0.366 e. The number of carbonyl (C=O) groups is 2. The number of amides is 3. The summed E-state index contributed by atoms with van der Waals surface area (Å²) in [6, 6.07) is 14.3. The quantitative estimate of drug-likeness (QED) is 0.805. The van der Waals surface area contributed by atoms with Crippen LogP contribution >= 0.6 is 0 Å². The maximum atomic E-state index is 11.9. The van der Waals surface area contributed by atoms with E-state index in [9.17, 15) is 9.59 Å². The molecule has 0 heterocycles. The Morgan fingerprint density at radius 1 is 1.05 bits per heavy atom. The number of primary amides is 1. The molecule has 5 nitrogen and oxygen atoms in total. The van der Waals surface area contributed by atoms with Gasteiger partial charge in [-0.3, -0.25) is 4.79 Å². The van der Waals surface area contributed by atoms with Crippen molar-refractivity contribution in [2.24, 2.45) is 5.73 Å². The summed E-state index contributed by atoms with van der Waals surface area (Å²) in [5.74, 6) is -0.513. The molecule has 0 fully saturated rings. The van der Waals surface area contributed by atoms with Crippen LogP contribution in [0.3, 0.4) is 0 Å². The molecule has 0 aromatic heterocycles. The molecule has 0 aliphatic heterocycles. The van der Waals surface area contributed by atoms with E-state index in [4.69, 9.17) is 5.73 Å². The van der Waals surface area contributed by atoms with E-state index in [2.05, 4.69) is 10.6 Å². The summed E-state index contributed by atoms with van der Waals surface area (Å²) in [7, 11) is 0. The van der Waals surface area contributed by atoms with Gasteiger partial charge >= 0.3 is 6.03 Å². The number of nitrogens with two attached hydrogens (primary N) is 1. The molecule has 3 amide bonds. The summed E-state index contributed by atoms with van der Waals surface area (Å²) in [6.07, 6.45) is 0. The van der Waals surface area contributed by atoms with Gasteiger partial charge in [0.25, 0.3) is 0 Å². The summed E-state index contributed by atoms with van der Waals surface area (Å²) in [6.45, 7) is 2.17. The van der Waals surface area contributed by atoms with Crippen molar-refractivity contribution in [3.63, 3.8) is 0 Å². The van der Waals surface area contributed by atoms with Crippen molar-refractivity contribution >= 4 is 17.6 Å². The fraction of sp³-hybridized carbons (Fsp3) is 0.125. The van der Waals surface area contributed by atoms with Crippen molar-refractivity contribution in [1.29, 1.82) is 0 Å². The molecule has 0 aliphatic rings. The molecular formula is C16H17N3O2. The highest BCUT2D eigenvalue weighted by molar-refractivity contribution is 5.98. The minimum atomic E-state index is -0.513. The molecule has 0 atom stereocenters. The van der Waals surface area contributed by atoms with Gasteiger partial charge in [-0.05, 0) is 30.2 Å². The molecule has 0 saturated carbocycles. The van der Waals surface area contributed by atoms with E-state index in [0.717, 1.165) is 5.56 Å². The molecule has 0 spiro atoms. The van der Waals surface area contributed by atoms with E-state index < -0.39 is 5.91 Å². The molecule has 0 aliphatic carbocycles. The average molecular weight is 283 g/mol. The largest absolute Gasteiger partial charge is 0.366 e. The van der Waals surface area contributed by atoms with Gasteiger partial charge in [-0.2, -0.15) is 0 Å². The van der Waals surface area contributed by atoms with Gasteiger partial charge in [-0.25, -0.2) is 4.79 Å². The Morgan fingerprint density at radius 3 is 2.43 bits per heavy atom. The Hall–Kier alpha value is -2.82. The van der Waals surface area contributed by atoms with E-state index in [1.165, 1.54) is 0 Å². The van der Waals surface area contributed by atoms with Gasteiger partial charge < -0.3 is 16.4 Å². The second-order valence-corrected chi connectivity index (χ2v) is 4.64. The molecule has 108 valence electrons. The van der Waals surface area contributed by atoms with Gasteiger partial charge in [0.2, 0.25) is 5.91 Å². The summed E-state index contributed by atoms with van der Waals surface area (Å²) in [5, 5.41) is 5.48. The lowest BCUT2D eigenvalue weighted by Crippen LogP contribution is -2.28. The van der Waals surface area contributed by atoms with Crippen molar-refractivity contribution in [3.8, 4) is 0 Å². The Bertz CT molecular complexity index is 654. The van der Waals surface area contributed by atoms with Crippen molar-refractivity contribution in [3.05, 3.63) is 65.2 Å². The lowest BCUT2D eigenvalue weighted by molar-refractivity contribution is 0.0999. The Balaban J connectivity index is 2.00. The highest BCUT2D eigenvalue weighted by Crippen LogP contribution is 2.18. The van der Waals surface area contributed by atoms with Crippen LogP contribution in [0, 0.1) is 6.92 Å². The van der Waals surface area contributed by atoms with Crippen LogP contribution in [0.4, 0.5) is 10.5 Å². The van der Waals surface area contributed by atoms with Gasteiger partial charge in [0, 0.05) is 17.8 Å². The lowest BCUT2D eigenvalue weighted by atomic mass is 10.1. The molecule has 21 heavy (non-hydrogen) atoms. The SMILES string of the molecule is Cc1c(NC(=O)NCc2ccccc2)cccc1C(N)=O. The summed E-state index contributed by atoms with van der Waals surface area (Å²) < 4.78 is 0. The molecule has 2 aromatic rings. The Labute approximate surface area is 123 Å². The number of hydrogen-bond acceptors (Lipinski definition) is 2. The molecule has 2 rings (SSSR count). The second-order valence-electron chi connectivity index (χ2n) is 4.64. The first-order valence-electron chi connectivity index (χ1n) is 6.56. The molecule has 2 aromatic carbocycles. The third-order valence-corrected chi connectivity index (χ3v) is 3.14. The second kappa shape index (κ2) is 6.56. The molecule has 0 saturated heterocycles. The van der Waals surface area contributed by atoms with Gasteiger partial charge in [0.15, 0.2) is 0 Å². The number of hydrogen-bond donors (Lipinski definition) is 3. The predicted molar refractivity (Wildman–Crippen MR) is 82.0 cm³/mol. The molecule has 0 bridgehead atoms. The van der Waals surface area contributed by atoms with E-state index in [-0.39, 0.29) is 6.03 Å². The van der Waals surface area contributed by atoms with Crippen molar-refractivity contribution in [1.82, 2.24) is 5.32 Å². The smallest absolute Gasteiger partial charge is 0.319 e. The maximum Gasteiger partial charge on any atom is 0.319 e. The fourth-order valence-corrected chi connectivity index (χ4v) is 1.98. The van der Waals surface area contributed by atoms with Gasteiger partial charge in [0.05, 0.1) is 0 Å². The number of nitrogens with one attached hydrogen (secondary N) is 2. The van der Waals surface area contributed by atoms with Crippen molar-refractivity contribution in [2.75, 3.05) is 5.32 Å². The number of rotatable bonds is 4. The van der Waals surface area contributed by atoms with Crippen LogP contribution < -0.4 is 16.4 Å². The summed E-state index contributed by atoms with van der Waals surface area (Å²) in [4.78, 5) is 23.1. The topological polar surface area (TPSA) is 84.2 Å². The highest BCUT2D eigenvalue weighted by Gasteiger charge is 2.10. The van der Waals surface area contributed by atoms with Gasteiger partial charge in [-0.1, -0.05) is 36.4 Å². The van der Waals surface area contributed by atoms with Crippen molar-refractivity contribution in [2.45, 2.75) is 13.5 Å². The first-order valence-corrected chi connectivity index (χ1v) is 6.56. The standard InChI is InChI=1S/C16H17N3O2/c1-11-13(15(17)20)8-5-9-14(11)19-16(21)18-10-12-6-3-2-4-7-12/h2-9H,10H2,1H3,(H2,17,20)(H2,18,19,21). The Kier molecular flexibility index (Phi) is 4.56. The van der Waals surface area contributed by atoms with Crippen LogP contribution in [0.15, 0.2) is 48.5 Å². The van der Waals surface area contributed by atoms with Gasteiger partial charge in [0.1, 0.15) is 0 Å². The summed E-state index contributed by atoms with van der Waals surface area (Å²) >= 11 is 0. The number of carbonyl (C=O) groups excluding carboxylic acids is 2. The van der Waals surface area contributed by atoms with Crippen LogP contribution in [-0.4, -0.2) is 11.9 Å². The monoisotopic (exact) mass is 283 g/mol. The summed E-state index contributed by atoms with van der Waals surface area (Å²) in [5.41, 5.74) is 7.91. The van der Waals surface area contributed by atoms with Crippen molar-refractivity contribution < 1.29 is 9.59 Å². The molecule has 4 N–H and O–H groups in total. The molecule has 0 unspecified atom stereocenters. The van der Waals surface area contributed by atoms with E-state index in [1.54, 1.807) is 25.1 Å². The fourth-order valence-electron chi connectivity index (χ4n) is 1.98. The molecule has 0 radical (unpaired) electrons. The molecular weight excluding hydrogens is 266 g/mol. The lowest BCUT2D eigenvalue weighted by Gasteiger charge is -2.11. The van der Waals surface area contributed by atoms with E-state index in [0.29, 0.717) is 23.4 Å². The zero-order chi connectivity index (χ0) is 15.2. The van der Waals surface area contributed by atoms with Gasteiger partial charge in [-0.15, -0.1) is 0 Å². The third-order valence-electron chi connectivity index (χ3n) is 3.14. The zero-order valence-corrected chi connectivity index (χ0v) is 11.7. The number of urea groups is 1. The highest BCUT2D eigenvalue weighted by atomic mass is 16.2. The van der Waals surface area contributed by atoms with Crippen LogP contribution in [0.25, 0.3) is 0 Å². The normalized spacial score (nSPS) is 9.95. The van der Waals surface area contributed by atoms with E-state index in [1.807, 2.05) is 30.3 Å². The first-order chi connectivity index (χ1) is 10.1. The van der Waals surface area contributed by atoms with E-state index >= 15 is 0 Å². The Morgan fingerprint density at radius 2 is 1.76 bits per heavy atom. The number of benzene rings is 2. The zero-order valence-electron chi connectivity index (χ0n) is 11.7. The minimum absolute atomic E-state index is 0.330. The average Bonchev–Trinajstić information content (AvgIpc) is 2.48. The van der Waals surface area contributed by atoms with Crippen LogP contribution in [0.1, 0.15) is 21.5 Å². The number of anilines is 1. The predicted octanol–water partition coefficient (Wildman–Crippen LogP) is 2.42. The van der Waals surface area contributed by atoms with Crippen LogP contribution in [0.5, 0.6) is 0 Å². The molecule has 5 heteroatoms. The van der Waals surface area contributed by atoms with Crippen LogP contribution in [-0.2, 0) is 6.54 Å². The first kappa shape index (κ1) is 14.6. The third kappa shape index (κ3) is 3.82. The maximum absolute atomic E-state index is 11.9. The van der Waals surface area contributed by atoms with Crippen LogP contribution in [0.2, 0.25) is 0 Å².